The quantitative estimate of drug-likeness (QED) is 0.512. The van der Waals surface area contributed by atoms with Crippen LogP contribution in [0.4, 0.5) is 0 Å². The predicted molar refractivity (Wildman–Crippen MR) is 61.9 cm³/mol. The number of allylic oxidation sites excluding steroid dienone is 5. The van der Waals surface area contributed by atoms with E-state index in [4.69, 9.17) is 0 Å². The molecule has 0 saturated carbocycles. The maximum Gasteiger partial charge on any atom is 0.0793 e. The van der Waals surface area contributed by atoms with Gasteiger partial charge in [-0.25, -0.2) is 0 Å². The molecule has 0 bridgehead atoms. The maximum atomic E-state index is 3.70. The van der Waals surface area contributed by atoms with Crippen molar-refractivity contribution in [3.05, 3.63) is 42.1 Å². The van der Waals surface area contributed by atoms with Gasteiger partial charge in [-0.1, -0.05) is 63.0 Å². The van der Waals surface area contributed by atoms with E-state index in [1.54, 1.807) is 0 Å². The third-order valence-electron chi connectivity index (χ3n) is 2.00. The van der Waals surface area contributed by atoms with Crippen LogP contribution >= 0.6 is 0 Å². The summed E-state index contributed by atoms with van der Waals surface area (Å²) in [5.41, 5.74) is 2.42. The Morgan fingerprint density at radius 1 is 1.00 bits per heavy atom. The molecule has 0 fully saturated rings. The van der Waals surface area contributed by atoms with Gasteiger partial charge in [-0.15, -0.1) is 0 Å². The molecular formula is C12H18Si. The van der Waals surface area contributed by atoms with E-state index in [9.17, 15) is 0 Å². The molecule has 0 aromatic heterocycles. The molecule has 1 rings (SSSR count). The Morgan fingerprint density at radius 2 is 1.62 bits per heavy atom. The van der Waals surface area contributed by atoms with E-state index in [1.807, 2.05) is 0 Å². The van der Waals surface area contributed by atoms with Gasteiger partial charge in [0.2, 0.25) is 0 Å². The zero-order valence-corrected chi connectivity index (χ0v) is 9.96. The highest BCUT2D eigenvalue weighted by atomic mass is 28.3. The van der Waals surface area contributed by atoms with Gasteiger partial charge >= 0.3 is 0 Å². The van der Waals surface area contributed by atoms with Gasteiger partial charge in [0.05, 0.1) is 8.07 Å². The molecule has 0 aliphatic carbocycles. The molecule has 1 aliphatic rings. The summed E-state index contributed by atoms with van der Waals surface area (Å²) >= 11 is 0. The lowest BCUT2D eigenvalue weighted by molar-refractivity contribution is 0.598. The second-order valence-corrected chi connectivity index (χ2v) is 8.70. The molecule has 1 aliphatic heterocycles. The molecule has 13 heavy (non-hydrogen) atoms. The first kappa shape index (κ1) is 10.5. The van der Waals surface area contributed by atoms with Gasteiger partial charge in [0.1, 0.15) is 0 Å². The second-order valence-electron chi connectivity index (χ2n) is 4.67. The number of hydrogen-bond acceptors (Lipinski definition) is 0. The highest BCUT2D eigenvalue weighted by Gasteiger charge is 2.27. The SMILES string of the molecule is CC1(C)[C][Si](C)(C)\C=C/C=C\C=C/1. The van der Waals surface area contributed by atoms with Crippen LogP contribution < -0.4 is 0 Å². The Labute approximate surface area is 83.1 Å². The van der Waals surface area contributed by atoms with Crippen LogP contribution in [0.1, 0.15) is 13.8 Å². The monoisotopic (exact) mass is 190 g/mol. The van der Waals surface area contributed by atoms with E-state index in [1.165, 1.54) is 0 Å². The molecular weight excluding hydrogens is 172 g/mol. The van der Waals surface area contributed by atoms with Crippen LogP contribution in [0.3, 0.4) is 0 Å². The van der Waals surface area contributed by atoms with Gasteiger partial charge in [-0.2, -0.15) is 0 Å². The fourth-order valence-corrected chi connectivity index (χ4v) is 4.05. The lowest BCUT2D eigenvalue weighted by Crippen LogP contribution is -2.31. The minimum Gasteiger partial charge on any atom is -0.0942 e. The fourth-order valence-electron chi connectivity index (χ4n) is 1.63. The van der Waals surface area contributed by atoms with Crippen LogP contribution in [-0.2, 0) is 0 Å². The normalized spacial score (nSPS) is 32.3. The van der Waals surface area contributed by atoms with Crippen molar-refractivity contribution >= 4 is 8.07 Å². The van der Waals surface area contributed by atoms with Crippen molar-refractivity contribution in [2.45, 2.75) is 26.9 Å². The first-order chi connectivity index (χ1) is 5.91. The Morgan fingerprint density at radius 3 is 2.31 bits per heavy atom. The molecule has 0 atom stereocenters. The largest absolute Gasteiger partial charge is 0.0942 e. The molecule has 1 heterocycles. The van der Waals surface area contributed by atoms with Crippen molar-refractivity contribution in [2.75, 3.05) is 0 Å². The standard InChI is InChI=1S/C12H18Si/c1-12(2)9-7-5-6-8-10-13(3,4)11-12/h5-10H,1-4H3/b6-5-,9-7-,10-8-. The maximum absolute atomic E-state index is 3.70. The average molecular weight is 190 g/mol. The minimum absolute atomic E-state index is 0.106. The highest BCUT2D eigenvalue weighted by Crippen LogP contribution is 2.28. The molecule has 0 amide bonds. The zero-order chi connectivity index (χ0) is 9.95. The summed E-state index contributed by atoms with van der Waals surface area (Å²) in [5, 5.41) is 0. The first-order valence-electron chi connectivity index (χ1n) is 4.74. The molecule has 0 aromatic carbocycles. The van der Waals surface area contributed by atoms with Gasteiger partial charge in [0, 0.05) is 0 Å². The van der Waals surface area contributed by atoms with Crippen LogP contribution in [-0.4, -0.2) is 8.07 Å². The second kappa shape index (κ2) is 3.67. The van der Waals surface area contributed by atoms with E-state index in [0.29, 0.717) is 0 Å². The van der Waals surface area contributed by atoms with Crippen molar-refractivity contribution in [1.29, 1.82) is 0 Å². The van der Waals surface area contributed by atoms with Crippen LogP contribution in [0, 0.1) is 11.5 Å². The summed E-state index contributed by atoms with van der Waals surface area (Å²) in [6.45, 7) is 9.06. The fraction of sp³-hybridized carbons (Fsp3) is 0.417. The van der Waals surface area contributed by atoms with Crippen LogP contribution in [0.2, 0.25) is 13.1 Å². The summed E-state index contributed by atoms with van der Waals surface area (Å²) in [6, 6.07) is 3.70. The van der Waals surface area contributed by atoms with E-state index >= 15 is 0 Å². The first-order valence-corrected chi connectivity index (χ1v) is 7.82. The van der Waals surface area contributed by atoms with Crippen LogP contribution in [0.5, 0.6) is 0 Å². The molecule has 0 N–H and O–H groups in total. The minimum atomic E-state index is -1.37. The van der Waals surface area contributed by atoms with Crippen molar-refractivity contribution in [3.8, 4) is 0 Å². The van der Waals surface area contributed by atoms with E-state index in [2.05, 4.69) is 69.1 Å². The number of rotatable bonds is 0. The molecule has 0 unspecified atom stereocenters. The lowest BCUT2D eigenvalue weighted by Gasteiger charge is -2.27. The van der Waals surface area contributed by atoms with E-state index < -0.39 is 8.07 Å². The van der Waals surface area contributed by atoms with Crippen molar-refractivity contribution in [1.82, 2.24) is 0 Å². The smallest absolute Gasteiger partial charge is 0.0793 e. The number of hydrogen-bond donors (Lipinski definition) is 0. The Balaban J connectivity index is 2.93. The lowest BCUT2D eigenvalue weighted by atomic mass is 9.96. The summed E-state index contributed by atoms with van der Waals surface area (Å²) in [5.74, 6) is 0. The van der Waals surface area contributed by atoms with Crippen LogP contribution in [0.15, 0.2) is 36.1 Å². The molecule has 0 saturated heterocycles. The molecule has 0 nitrogen and oxygen atoms in total. The van der Waals surface area contributed by atoms with Gasteiger partial charge < -0.3 is 0 Å². The molecule has 0 spiro atoms. The van der Waals surface area contributed by atoms with Gasteiger partial charge in [0.15, 0.2) is 0 Å². The Kier molecular flexibility index (Phi) is 2.97. The summed E-state index contributed by atoms with van der Waals surface area (Å²) in [4.78, 5) is 0. The van der Waals surface area contributed by atoms with Gasteiger partial charge in [0.25, 0.3) is 0 Å². The molecule has 70 valence electrons. The zero-order valence-electron chi connectivity index (χ0n) is 8.96. The third kappa shape index (κ3) is 3.77. The Hall–Kier alpha value is -0.563. The molecule has 0 aromatic rings. The average Bonchev–Trinajstić information content (AvgIpc) is 1.97. The third-order valence-corrected chi connectivity index (χ3v) is 4.32. The van der Waals surface area contributed by atoms with Gasteiger partial charge in [-0.3, -0.25) is 0 Å². The Bertz CT molecular complexity index is 228. The van der Waals surface area contributed by atoms with Crippen molar-refractivity contribution < 1.29 is 0 Å². The van der Waals surface area contributed by atoms with Crippen molar-refractivity contribution in [3.63, 3.8) is 0 Å². The van der Waals surface area contributed by atoms with Gasteiger partial charge in [-0.05, 0) is 11.5 Å². The van der Waals surface area contributed by atoms with Crippen LogP contribution in [0.25, 0.3) is 0 Å². The summed E-state index contributed by atoms with van der Waals surface area (Å²) in [7, 11) is -1.37. The van der Waals surface area contributed by atoms with Crippen molar-refractivity contribution in [2.24, 2.45) is 5.41 Å². The summed E-state index contributed by atoms with van der Waals surface area (Å²) in [6.07, 6.45) is 10.6. The van der Waals surface area contributed by atoms with E-state index in [0.717, 1.165) is 0 Å². The van der Waals surface area contributed by atoms with E-state index in [-0.39, 0.29) is 5.41 Å². The highest BCUT2D eigenvalue weighted by molar-refractivity contribution is 6.85. The molecule has 2 radical (unpaired) electrons. The summed E-state index contributed by atoms with van der Waals surface area (Å²) < 4.78 is 0. The topological polar surface area (TPSA) is 0 Å². The predicted octanol–water partition coefficient (Wildman–Crippen LogP) is 3.56. The molecule has 1 heteroatoms.